The number of methoxy groups -OCH3 is 1. The van der Waals surface area contributed by atoms with E-state index < -0.39 is 10.0 Å². The molecular formula is C14H12ClNO3S. The fourth-order valence-electron chi connectivity index (χ4n) is 2.43. The topological polar surface area (TPSA) is 46.6 Å². The van der Waals surface area contributed by atoms with Crippen LogP contribution in [0, 0.1) is 0 Å². The Balaban J connectivity index is 2.46. The third-order valence-corrected chi connectivity index (χ3v) is 5.45. The maximum absolute atomic E-state index is 12.6. The molecule has 0 saturated heterocycles. The highest BCUT2D eigenvalue weighted by Gasteiger charge is 2.34. The van der Waals surface area contributed by atoms with E-state index in [2.05, 4.69) is 0 Å². The van der Waals surface area contributed by atoms with Crippen molar-refractivity contribution in [2.75, 3.05) is 18.5 Å². The van der Waals surface area contributed by atoms with Crippen molar-refractivity contribution in [2.24, 2.45) is 0 Å². The first-order chi connectivity index (χ1) is 9.46. The Morgan fingerprint density at radius 1 is 1.15 bits per heavy atom. The monoisotopic (exact) mass is 309 g/mol. The fourth-order valence-corrected chi connectivity index (χ4v) is 4.02. The number of anilines is 1. The number of hydrogen-bond donors (Lipinski definition) is 0. The van der Waals surface area contributed by atoms with Crippen molar-refractivity contribution in [3.8, 4) is 16.9 Å². The van der Waals surface area contributed by atoms with Gasteiger partial charge in [0.25, 0.3) is 10.0 Å². The molecule has 0 radical (unpaired) electrons. The minimum Gasteiger partial charge on any atom is -0.495 e. The SMILES string of the molecule is COc1cccc2c1N(C)S(=O)(=O)c1ccc(Cl)cc1-2. The first-order valence-electron chi connectivity index (χ1n) is 5.92. The van der Waals surface area contributed by atoms with E-state index in [-0.39, 0.29) is 4.90 Å². The summed E-state index contributed by atoms with van der Waals surface area (Å²) in [6, 6.07) is 10.2. The molecule has 0 saturated carbocycles. The Hall–Kier alpha value is -1.72. The summed E-state index contributed by atoms with van der Waals surface area (Å²) in [4.78, 5) is 0.255. The lowest BCUT2D eigenvalue weighted by atomic mass is 10.0. The highest BCUT2D eigenvalue weighted by atomic mass is 35.5. The van der Waals surface area contributed by atoms with Gasteiger partial charge in [0.2, 0.25) is 0 Å². The second-order valence-electron chi connectivity index (χ2n) is 4.47. The standard InChI is InChI=1S/C14H12ClNO3S/c1-16-14-10(4-3-5-12(14)19-2)11-8-9(15)6-7-13(11)20(16,17)18/h3-8H,1-2H3. The van der Waals surface area contributed by atoms with Crippen LogP contribution in [-0.4, -0.2) is 22.6 Å². The molecule has 0 N–H and O–H groups in total. The van der Waals surface area contributed by atoms with E-state index in [1.807, 2.05) is 12.1 Å². The molecule has 0 unspecified atom stereocenters. The predicted octanol–water partition coefficient (Wildman–Crippen LogP) is 3.15. The van der Waals surface area contributed by atoms with Gasteiger partial charge in [-0.1, -0.05) is 23.7 Å². The first-order valence-corrected chi connectivity index (χ1v) is 7.74. The van der Waals surface area contributed by atoms with Gasteiger partial charge in [0.1, 0.15) is 11.4 Å². The average molecular weight is 310 g/mol. The predicted molar refractivity (Wildman–Crippen MR) is 79.0 cm³/mol. The quantitative estimate of drug-likeness (QED) is 0.813. The van der Waals surface area contributed by atoms with Crippen LogP contribution in [0.15, 0.2) is 41.3 Å². The maximum atomic E-state index is 12.6. The van der Waals surface area contributed by atoms with Crippen molar-refractivity contribution in [1.82, 2.24) is 0 Å². The fraction of sp³-hybridized carbons (Fsp3) is 0.143. The molecule has 0 atom stereocenters. The van der Waals surface area contributed by atoms with E-state index in [9.17, 15) is 8.42 Å². The lowest BCUT2D eigenvalue weighted by Gasteiger charge is -2.30. The van der Waals surface area contributed by atoms with Crippen LogP contribution in [0.1, 0.15) is 0 Å². The molecule has 1 aliphatic heterocycles. The Kier molecular flexibility index (Phi) is 2.92. The Bertz CT molecular complexity index is 802. The van der Waals surface area contributed by atoms with Crippen LogP contribution in [-0.2, 0) is 10.0 Å². The van der Waals surface area contributed by atoms with Crippen LogP contribution in [0.25, 0.3) is 11.1 Å². The van der Waals surface area contributed by atoms with Crippen molar-refractivity contribution in [3.05, 3.63) is 41.4 Å². The molecule has 6 heteroatoms. The van der Waals surface area contributed by atoms with Crippen LogP contribution < -0.4 is 9.04 Å². The summed E-state index contributed by atoms with van der Waals surface area (Å²) in [5.41, 5.74) is 1.92. The number of rotatable bonds is 1. The first kappa shape index (κ1) is 13.3. The molecule has 4 nitrogen and oxygen atoms in total. The van der Waals surface area contributed by atoms with Crippen molar-refractivity contribution in [2.45, 2.75) is 4.90 Å². The van der Waals surface area contributed by atoms with Crippen LogP contribution in [0.5, 0.6) is 5.75 Å². The van der Waals surface area contributed by atoms with Gasteiger partial charge in [0.15, 0.2) is 0 Å². The van der Waals surface area contributed by atoms with E-state index >= 15 is 0 Å². The van der Waals surface area contributed by atoms with E-state index in [4.69, 9.17) is 16.3 Å². The Morgan fingerprint density at radius 2 is 1.90 bits per heavy atom. The van der Waals surface area contributed by atoms with E-state index in [1.54, 1.807) is 18.2 Å². The molecule has 1 aliphatic rings. The van der Waals surface area contributed by atoms with Crippen molar-refractivity contribution in [1.29, 1.82) is 0 Å². The molecule has 1 heterocycles. The van der Waals surface area contributed by atoms with Crippen molar-refractivity contribution < 1.29 is 13.2 Å². The van der Waals surface area contributed by atoms with Gasteiger partial charge in [0, 0.05) is 23.2 Å². The van der Waals surface area contributed by atoms with Gasteiger partial charge in [-0.05, 0) is 24.3 Å². The van der Waals surface area contributed by atoms with Crippen LogP contribution in [0.4, 0.5) is 5.69 Å². The van der Waals surface area contributed by atoms with Gasteiger partial charge in [-0.25, -0.2) is 8.42 Å². The maximum Gasteiger partial charge on any atom is 0.264 e. The molecule has 20 heavy (non-hydrogen) atoms. The number of fused-ring (bicyclic) bond motifs is 3. The summed E-state index contributed by atoms with van der Waals surface area (Å²) in [6.45, 7) is 0. The molecular weight excluding hydrogens is 298 g/mol. The second kappa shape index (κ2) is 4.40. The van der Waals surface area contributed by atoms with Gasteiger partial charge in [-0.2, -0.15) is 0 Å². The molecule has 2 aromatic carbocycles. The van der Waals surface area contributed by atoms with E-state index in [0.29, 0.717) is 22.0 Å². The molecule has 0 aromatic heterocycles. The zero-order chi connectivity index (χ0) is 14.5. The van der Waals surface area contributed by atoms with Gasteiger partial charge in [-0.3, -0.25) is 4.31 Å². The Labute approximate surface area is 122 Å². The molecule has 2 aromatic rings. The number of para-hydroxylation sites is 1. The highest BCUT2D eigenvalue weighted by molar-refractivity contribution is 7.93. The summed E-state index contributed by atoms with van der Waals surface area (Å²) in [6.07, 6.45) is 0. The Morgan fingerprint density at radius 3 is 2.60 bits per heavy atom. The lowest BCUT2D eigenvalue weighted by molar-refractivity contribution is 0.416. The molecule has 0 fully saturated rings. The number of sulfonamides is 1. The van der Waals surface area contributed by atoms with Gasteiger partial charge >= 0.3 is 0 Å². The zero-order valence-corrected chi connectivity index (χ0v) is 12.5. The summed E-state index contributed by atoms with van der Waals surface area (Å²) < 4.78 is 31.7. The average Bonchev–Trinajstić information content (AvgIpc) is 2.44. The summed E-state index contributed by atoms with van der Waals surface area (Å²) >= 11 is 6.01. The van der Waals surface area contributed by atoms with Crippen LogP contribution in [0.2, 0.25) is 5.02 Å². The molecule has 104 valence electrons. The van der Waals surface area contributed by atoms with E-state index in [1.165, 1.54) is 24.5 Å². The number of hydrogen-bond acceptors (Lipinski definition) is 3. The zero-order valence-electron chi connectivity index (χ0n) is 10.9. The van der Waals surface area contributed by atoms with Gasteiger partial charge in [0.05, 0.1) is 12.0 Å². The summed E-state index contributed by atoms with van der Waals surface area (Å²) in [5, 5.41) is 0.497. The van der Waals surface area contributed by atoms with Crippen molar-refractivity contribution in [3.63, 3.8) is 0 Å². The minimum atomic E-state index is -3.59. The molecule has 0 spiro atoms. The highest BCUT2D eigenvalue weighted by Crippen LogP contribution is 2.47. The van der Waals surface area contributed by atoms with E-state index in [0.717, 1.165) is 5.56 Å². The number of ether oxygens (including phenoxy) is 1. The van der Waals surface area contributed by atoms with Crippen molar-refractivity contribution >= 4 is 27.3 Å². The molecule has 0 amide bonds. The minimum absolute atomic E-state index is 0.255. The smallest absolute Gasteiger partial charge is 0.264 e. The number of benzene rings is 2. The summed E-state index contributed by atoms with van der Waals surface area (Å²) in [5.74, 6) is 0.513. The second-order valence-corrected chi connectivity index (χ2v) is 6.84. The normalized spacial score (nSPS) is 15.4. The largest absolute Gasteiger partial charge is 0.495 e. The lowest BCUT2D eigenvalue weighted by Crippen LogP contribution is -2.30. The third kappa shape index (κ3) is 1.70. The van der Waals surface area contributed by atoms with Gasteiger partial charge in [-0.15, -0.1) is 0 Å². The summed E-state index contributed by atoms with van der Waals surface area (Å²) in [7, 11) is -0.549. The molecule has 0 aliphatic carbocycles. The van der Waals surface area contributed by atoms with Crippen LogP contribution in [0.3, 0.4) is 0 Å². The third-order valence-electron chi connectivity index (χ3n) is 3.40. The number of halogens is 1. The number of nitrogens with zero attached hydrogens (tertiary/aromatic N) is 1. The molecule has 0 bridgehead atoms. The van der Waals surface area contributed by atoms with Crippen LogP contribution >= 0.6 is 11.6 Å². The molecule has 3 rings (SSSR count). The van der Waals surface area contributed by atoms with Gasteiger partial charge < -0.3 is 4.74 Å².